The normalized spacial score (nSPS) is 29.4. The molecule has 0 amide bonds. The van der Waals surface area contributed by atoms with Gasteiger partial charge in [-0.25, -0.2) is 4.98 Å². The summed E-state index contributed by atoms with van der Waals surface area (Å²) in [6.07, 6.45) is 1.60. The van der Waals surface area contributed by atoms with E-state index in [0.717, 1.165) is 44.4 Å². The zero-order valence-electron chi connectivity index (χ0n) is 12.3. The van der Waals surface area contributed by atoms with Gasteiger partial charge in [-0.1, -0.05) is 6.42 Å². The van der Waals surface area contributed by atoms with Crippen molar-refractivity contribution < 1.29 is 22.7 Å². The highest BCUT2D eigenvalue weighted by Gasteiger charge is 2.40. The van der Waals surface area contributed by atoms with Crippen molar-refractivity contribution in [2.45, 2.75) is 56.5 Å². The van der Waals surface area contributed by atoms with Crippen LogP contribution in [-0.2, 0) is 10.9 Å². The highest BCUT2D eigenvalue weighted by Crippen LogP contribution is 2.36. The summed E-state index contributed by atoms with van der Waals surface area (Å²) in [7, 11) is 1.72. The van der Waals surface area contributed by atoms with Crippen LogP contribution in [0.3, 0.4) is 0 Å². The van der Waals surface area contributed by atoms with Gasteiger partial charge in [-0.3, -0.25) is 0 Å². The molecule has 3 rings (SSSR count). The number of methoxy groups -OCH3 is 1. The Morgan fingerprint density at radius 1 is 1.18 bits per heavy atom. The third kappa shape index (κ3) is 3.20. The van der Waals surface area contributed by atoms with Crippen LogP contribution in [0.25, 0.3) is 0 Å². The van der Waals surface area contributed by atoms with E-state index >= 15 is 0 Å². The number of rotatable bonds is 3. The number of piperidine rings is 2. The van der Waals surface area contributed by atoms with E-state index in [9.17, 15) is 13.2 Å². The first kappa shape index (κ1) is 15.6. The molecule has 0 saturated carbocycles. The third-order valence-corrected chi connectivity index (χ3v) is 4.46. The van der Waals surface area contributed by atoms with Gasteiger partial charge in [0, 0.05) is 31.5 Å². The number of hydrogen-bond acceptors (Lipinski definition) is 4. The maximum Gasteiger partial charge on any atom is 0.417 e. The van der Waals surface area contributed by atoms with Crippen molar-refractivity contribution in [1.29, 1.82) is 0 Å². The van der Waals surface area contributed by atoms with Crippen LogP contribution < -0.4 is 4.84 Å². The number of hydrogen-bond donors (Lipinski definition) is 0. The summed E-state index contributed by atoms with van der Waals surface area (Å²) in [5, 5.41) is 1.91. The van der Waals surface area contributed by atoms with Crippen molar-refractivity contribution in [1.82, 2.24) is 10.0 Å². The van der Waals surface area contributed by atoms with Crippen LogP contribution in [0.1, 0.15) is 37.7 Å². The van der Waals surface area contributed by atoms with Crippen LogP contribution in [-0.4, -0.2) is 35.3 Å². The van der Waals surface area contributed by atoms with Crippen LogP contribution in [0.2, 0.25) is 0 Å². The van der Waals surface area contributed by atoms with Crippen LogP contribution in [0.15, 0.2) is 18.3 Å². The van der Waals surface area contributed by atoms with Gasteiger partial charge >= 0.3 is 6.18 Å². The van der Waals surface area contributed by atoms with Gasteiger partial charge in [-0.2, -0.15) is 13.2 Å². The first-order valence-electron chi connectivity index (χ1n) is 7.49. The van der Waals surface area contributed by atoms with Gasteiger partial charge in [0.25, 0.3) is 0 Å². The molecule has 7 heteroatoms. The third-order valence-electron chi connectivity index (χ3n) is 4.46. The minimum atomic E-state index is -4.38. The second-order valence-electron chi connectivity index (χ2n) is 5.90. The molecule has 2 aliphatic heterocycles. The molecule has 3 atom stereocenters. The molecule has 4 nitrogen and oxygen atoms in total. The minimum absolute atomic E-state index is 0.209. The number of fused-ring (bicyclic) bond motifs is 2. The highest BCUT2D eigenvalue weighted by molar-refractivity contribution is 5.20. The van der Waals surface area contributed by atoms with Crippen molar-refractivity contribution in [3.8, 4) is 5.88 Å². The first-order chi connectivity index (χ1) is 10.5. The molecular formula is C15H19F3N2O2. The molecule has 1 aromatic heterocycles. The maximum absolute atomic E-state index is 12.5. The summed E-state index contributed by atoms with van der Waals surface area (Å²) in [6.45, 7) is 0. The summed E-state index contributed by atoms with van der Waals surface area (Å²) in [6, 6.07) is 2.75. The molecule has 1 aromatic rings. The molecule has 2 bridgehead atoms. The van der Waals surface area contributed by atoms with E-state index in [4.69, 9.17) is 9.57 Å². The molecule has 0 spiro atoms. The number of halogens is 3. The average Bonchev–Trinajstić information content (AvgIpc) is 2.46. The SMILES string of the molecule is CO[C@H]1C[C@H]2CCC[C@@H](C1)N2Oc1ccc(C(F)(F)F)cn1. The summed E-state index contributed by atoms with van der Waals surface area (Å²) < 4.78 is 43.1. The van der Waals surface area contributed by atoms with E-state index in [1.54, 1.807) is 7.11 Å². The Morgan fingerprint density at radius 3 is 2.36 bits per heavy atom. The molecule has 22 heavy (non-hydrogen) atoms. The van der Waals surface area contributed by atoms with Crippen molar-refractivity contribution >= 4 is 0 Å². The van der Waals surface area contributed by atoms with E-state index in [1.165, 1.54) is 6.07 Å². The Hall–Kier alpha value is -1.34. The molecule has 0 N–H and O–H groups in total. The maximum atomic E-state index is 12.5. The quantitative estimate of drug-likeness (QED) is 0.856. The van der Waals surface area contributed by atoms with Crippen molar-refractivity contribution in [3.05, 3.63) is 23.9 Å². The van der Waals surface area contributed by atoms with Gasteiger partial charge in [-0.05, 0) is 31.7 Å². The Kier molecular flexibility index (Phi) is 4.27. The van der Waals surface area contributed by atoms with Gasteiger partial charge in [0.1, 0.15) is 0 Å². The lowest BCUT2D eigenvalue weighted by atomic mass is 9.85. The fraction of sp³-hybridized carbons (Fsp3) is 0.667. The number of nitrogens with zero attached hydrogens (tertiary/aromatic N) is 2. The molecular weight excluding hydrogens is 297 g/mol. The molecule has 122 valence electrons. The molecule has 2 aliphatic rings. The minimum Gasteiger partial charge on any atom is -0.385 e. The Labute approximate surface area is 127 Å². The van der Waals surface area contributed by atoms with Gasteiger partial charge in [0.2, 0.25) is 5.88 Å². The molecule has 0 unspecified atom stereocenters. The molecule has 2 fully saturated rings. The molecule has 2 saturated heterocycles. The second-order valence-corrected chi connectivity index (χ2v) is 5.90. The fourth-order valence-corrected chi connectivity index (χ4v) is 3.34. The largest absolute Gasteiger partial charge is 0.417 e. The van der Waals surface area contributed by atoms with Crippen LogP contribution in [0.5, 0.6) is 5.88 Å². The number of aromatic nitrogens is 1. The summed E-state index contributed by atoms with van der Waals surface area (Å²) in [5.41, 5.74) is -0.766. The second kappa shape index (κ2) is 6.04. The van der Waals surface area contributed by atoms with Crippen molar-refractivity contribution in [2.75, 3.05) is 7.11 Å². The van der Waals surface area contributed by atoms with Crippen LogP contribution >= 0.6 is 0 Å². The smallest absolute Gasteiger partial charge is 0.385 e. The van der Waals surface area contributed by atoms with Crippen molar-refractivity contribution in [3.63, 3.8) is 0 Å². The fourth-order valence-electron chi connectivity index (χ4n) is 3.34. The predicted octanol–water partition coefficient (Wildman–Crippen LogP) is 3.43. The Balaban J connectivity index is 1.70. The molecule has 0 aromatic carbocycles. The van der Waals surface area contributed by atoms with Crippen LogP contribution in [0, 0.1) is 0 Å². The van der Waals surface area contributed by atoms with Crippen LogP contribution in [0.4, 0.5) is 13.2 Å². The highest BCUT2D eigenvalue weighted by atomic mass is 19.4. The van der Waals surface area contributed by atoms with E-state index in [2.05, 4.69) is 4.98 Å². The molecule has 0 radical (unpaired) electrons. The monoisotopic (exact) mass is 316 g/mol. The molecule has 3 heterocycles. The molecule has 0 aliphatic carbocycles. The van der Waals surface area contributed by atoms with Gasteiger partial charge in [0.15, 0.2) is 0 Å². The zero-order chi connectivity index (χ0) is 15.7. The predicted molar refractivity (Wildman–Crippen MR) is 73.2 cm³/mol. The lowest BCUT2D eigenvalue weighted by molar-refractivity contribution is -0.191. The Morgan fingerprint density at radius 2 is 1.86 bits per heavy atom. The summed E-state index contributed by atoms with van der Waals surface area (Å²) >= 11 is 0. The Bertz CT molecular complexity index is 493. The number of alkyl halides is 3. The number of pyridine rings is 1. The average molecular weight is 316 g/mol. The summed E-state index contributed by atoms with van der Waals surface area (Å²) in [4.78, 5) is 9.57. The van der Waals surface area contributed by atoms with Gasteiger partial charge in [0.05, 0.1) is 11.7 Å². The van der Waals surface area contributed by atoms with E-state index in [1.807, 2.05) is 5.06 Å². The standard InChI is InChI=1S/C15H19F3N2O2/c1-21-13-7-11-3-2-4-12(8-13)20(11)22-14-6-5-10(9-19-14)15(16,17)18/h5-6,9,11-13H,2-4,7-8H2,1H3/t11-,12+,13+. The first-order valence-corrected chi connectivity index (χ1v) is 7.49. The van der Waals surface area contributed by atoms with E-state index in [-0.39, 0.29) is 24.1 Å². The topological polar surface area (TPSA) is 34.6 Å². The van der Waals surface area contributed by atoms with E-state index < -0.39 is 11.7 Å². The van der Waals surface area contributed by atoms with Gasteiger partial charge < -0.3 is 9.57 Å². The lowest BCUT2D eigenvalue weighted by Gasteiger charge is -2.46. The number of hydroxylamine groups is 2. The lowest BCUT2D eigenvalue weighted by Crippen LogP contribution is -2.55. The summed E-state index contributed by atoms with van der Waals surface area (Å²) in [5.74, 6) is 0.209. The van der Waals surface area contributed by atoms with E-state index in [0.29, 0.717) is 0 Å². The zero-order valence-corrected chi connectivity index (χ0v) is 12.3. The number of ether oxygens (including phenoxy) is 1. The van der Waals surface area contributed by atoms with Crippen molar-refractivity contribution in [2.24, 2.45) is 0 Å². The van der Waals surface area contributed by atoms with Gasteiger partial charge in [-0.15, -0.1) is 5.06 Å².